The molecule has 0 aromatic heterocycles. The highest BCUT2D eigenvalue weighted by Crippen LogP contribution is 2.29. The van der Waals surface area contributed by atoms with Crippen LogP contribution >= 0.6 is 0 Å². The first-order valence-corrected chi connectivity index (χ1v) is 13.4. The summed E-state index contributed by atoms with van der Waals surface area (Å²) in [6, 6.07) is 1.10. The van der Waals surface area contributed by atoms with Crippen molar-refractivity contribution in [3.05, 3.63) is 0 Å². The maximum Gasteiger partial charge on any atom is 0.317 e. The lowest BCUT2D eigenvalue weighted by Gasteiger charge is -2.41. The van der Waals surface area contributed by atoms with Crippen LogP contribution < -0.4 is 10.6 Å². The summed E-state index contributed by atoms with van der Waals surface area (Å²) in [6.07, 6.45) is 14.1. The van der Waals surface area contributed by atoms with E-state index in [1.165, 1.54) is 32.1 Å². The number of esters is 1. The van der Waals surface area contributed by atoms with Crippen molar-refractivity contribution in [2.45, 2.75) is 102 Å². The number of piperazine rings is 1. The summed E-state index contributed by atoms with van der Waals surface area (Å²) in [5.41, 5.74) is 0. The topological polar surface area (TPSA) is 73.9 Å². The molecule has 0 aromatic rings. The first-order valence-electron chi connectivity index (χ1n) is 13.4. The monoisotopic (exact) mass is 448 g/mol. The zero-order valence-electron chi connectivity index (χ0n) is 19.9. The van der Waals surface area contributed by atoms with E-state index in [2.05, 4.69) is 15.5 Å². The van der Waals surface area contributed by atoms with Crippen molar-refractivity contribution >= 4 is 12.0 Å². The molecule has 0 bridgehead atoms. The van der Waals surface area contributed by atoms with Crippen molar-refractivity contribution in [2.75, 3.05) is 39.3 Å². The van der Waals surface area contributed by atoms with Gasteiger partial charge in [0.2, 0.25) is 0 Å². The van der Waals surface area contributed by atoms with Gasteiger partial charge < -0.3 is 20.3 Å². The van der Waals surface area contributed by atoms with Gasteiger partial charge in [-0.2, -0.15) is 0 Å². The van der Waals surface area contributed by atoms with E-state index in [4.69, 9.17) is 4.74 Å². The van der Waals surface area contributed by atoms with E-state index >= 15 is 0 Å². The molecule has 2 heterocycles. The van der Waals surface area contributed by atoms with Gasteiger partial charge >= 0.3 is 12.0 Å². The Hall–Kier alpha value is -1.34. The minimum Gasteiger partial charge on any atom is -0.462 e. The van der Waals surface area contributed by atoms with E-state index in [-0.39, 0.29) is 24.1 Å². The standard InChI is InChI=1S/C25H44N4O3/c30-24(32-23-4-2-1-3-5-23)11-8-20-6-9-21(10-7-20)27-25(31)29-18-16-28(17-19-29)22-12-14-26-15-13-22/h20-23,26H,1-19H2,(H,27,31). The molecule has 2 aliphatic heterocycles. The second kappa shape index (κ2) is 12.2. The van der Waals surface area contributed by atoms with Crippen molar-refractivity contribution in [2.24, 2.45) is 5.92 Å². The molecule has 7 heteroatoms. The van der Waals surface area contributed by atoms with Gasteiger partial charge in [-0.1, -0.05) is 6.42 Å². The number of carbonyl (C=O) groups is 2. The van der Waals surface area contributed by atoms with Crippen LogP contribution in [0.2, 0.25) is 0 Å². The Labute approximate surface area is 194 Å². The minimum absolute atomic E-state index is 0.00374. The lowest BCUT2D eigenvalue weighted by atomic mass is 9.83. The van der Waals surface area contributed by atoms with Gasteiger partial charge in [0.25, 0.3) is 0 Å². The van der Waals surface area contributed by atoms with E-state index in [0.717, 1.165) is 84.2 Å². The van der Waals surface area contributed by atoms with Gasteiger partial charge in [-0.15, -0.1) is 0 Å². The molecule has 0 radical (unpaired) electrons. The van der Waals surface area contributed by atoms with Gasteiger partial charge in [0.05, 0.1) is 0 Å². The van der Waals surface area contributed by atoms with E-state index in [0.29, 0.717) is 18.4 Å². The average Bonchev–Trinajstić information content (AvgIpc) is 2.85. The van der Waals surface area contributed by atoms with Crippen molar-refractivity contribution in [3.63, 3.8) is 0 Å². The summed E-state index contributed by atoms with van der Waals surface area (Å²) in [5.74, 6) is 0.589. The van der Waals surface area contributed by atoms with Crippen LogP contribution in [0.3, 0.4) is 0 Å². The van der Waals surface area contributed by atoms with Crippen molar-refractivity contribution in [1.82, 2.24) is 20.4 Å². The maximum absolute atomic E-state index is 12.8. The van der Waals surface area contributed by atoms with Gasteiger partial charge in [0, 0.05) is 44.7 Å². The van der Waals surface area contributed by atoms with Crippen molar-refractivity contribution < 1.29 is 14.3 Å². The molecule has 182 valence electrons. The number of urea groups is 1. The first kappa shape index (κ1) is 23.8. The van der Waals surface area contributed by atoms with Gasteiger partial charge in [0.1, 0.15) is 6.10 Å². The second-order valence-corrected chi connectivity index (χ2v) is 10.5. The fourth-order valence-electron chi connectivity index (χ4n) is 6.07. The van der Waals surface area contributed by atoms with E-state index in [9.17, 15) is 9.59 Å². The molecule has 0 aromatic carbocycles. The summed E-state index contributed by atoms with van der Waals surface area (Å²) in [6.45, 7) is 5.93. The molecule has 4 aliphatic rings. The third-order valence-corrected chi connectivity index (χ3v) is 8.21. The third-order valence-electron chi connectivity index (χ3n) is 8.21. The van der Waals surface area contributed by atoms with Crippen molar-refractivity contribution in [3.8, 4) is 0 Å². The molecular weight excluding hydrogens is 404 g/mol. The molecule has 2 saturated carbocycles. The number of hydrogen-bond donors (Lipinski definition) is 2. The van der Waals surface area contributed by atoms with Crippen LogP contribution in [0.15, 0.2) is 0 Å². The number of nitrogens with zero attached hydrogens (tertiary/aromatic N) is 2. The highest BCUT2D eigenvalue weighted by atomic mass is 16.5. The van der Waals surface area contributed by atoms with E-state index in [1.807, 2.05) is 4.90 Å². The number of ether oxygens (including phenoxy) is 1. The molecule has 2 amide bonds. The summed E-state index contributed by atoms with van der Waals surface area (Å²) in [4.78, 5) is 29.5. The maximum atomic E-state index is 12.8. The zero-order chi connectivity index (χ0) is 22.2. The van der Waals surface area contributed by atoms with Crippen LogP contribution in [0.1, 0.15) is 83.5 Å². The zero-order valence-corrected chi connectivity index (χ0v) is 19.9. The van der Waals surface area contributed by atoms with Gasteiger partial charge in [-0.25, -0.2) is 4.79 Å². The predicted molar refractivity (Wildman–Crippen MR) is 126 cm³/mol. The number of rotatable bonds is 6. The molecule has 0 spiro atoms. The molecule has 7 nitrogen and oxygen atoms in total. The third kappa shape index (κ3) is 7.08. The number of piperidine rings is 1. The molecule has 0 unspecified atom stereocenters. The Morgan fingerprint density at radius 3 is 2.22 bits per heavy atom. The first-order chi connectivity index (χ1) is 15.7. The number of amides is 2. The second-order valence-electron chi connectivity index (χ2n) is 10.5. The normalized spacial score (nSPS) is 28.9. The van der Waals surface area contributed by atoms with Crippen LogP contribution in [-0.4, -0.2) is 79.3 Å². The number of hydrogen-bond acceptors (Lipinski definition) is 5. The Morgan fingerprint density at radius 1 is 0.844 bits per heavy atom. The van der Waals surface area contributed by atoms with Gasteiger partial charge in [0.15, 0.2) is 0 Å². The molecule has 0 atom stereocenters. The summed E-state index contributed by atoms with van der Waals surface area (Å²) in [5, 5.41) is 6.72. The quantitative estimate of drug-likeness (QED) is 0.610. The molecule has 32 heavy (non-hydrogen) atoms. The van der Waals surface area contributed by atoms with Gasteiger partial charge in [-0.05, 0) is 89.6 Å². The minimum atomic E-state index is -0.00374. The largest absolute Gasteiger partial charge is 0.462 e. The average molecular weight is 449 g/mol. The Morgan fingerprint density at radius 2 is 1.53 bits per heavy atom. The number of nitrogens with one attached hydrogen (secondary N) is 2. The molecule has 4 rings (SSSR count). The highest BCUT2D eigenvalue weighted by Gasteiger charge is 2.29. The fourth-order valence-corrected chi connectivity index (χ4v) is 6.07. The van der Waals surface area contributed by atoms with Crippen LogP contribution in [0.25, 0.3) is 0 Å². The van der Waals surface area contributed by atoms with Crippen LogP contribution in [0.4, 0.5) is 4.79 Å². The summed E-state index contributed by atoms with van der Waals surface area (Å²) < 4.78 is 5.66. The smallest absolute Gasteiger partial charge is 0.317 e. The SMILES string of the molecule is O=C(CCC1CCC(NC(=O)N2CCN(C3CCNCC3)CC2)CC1)OC1CCCCC1. The lowest BCUT2D eigenvalue weighted by Crippen LogP contribution is -2.56. The molecular formula is C25H44N4O3. The fraction of sp³-hybridized carbons (Fsp3) is 0.920. The predicted octanol–water partition coefficient (Wildman–Crippen LogP) is 3.28. The van der Waals surface area contributed by atoms with Crippen LogP contribution in [0.5, 0.6) is 0 Å². The molecule has 4 fully saturated rings. The Balaban J connectivity index is 1.08. The van der Waals surface area contributed by atoms with Crippen molar-refractivity contribution in [1.29, 1.82) is 0 Å². The molecule has 2 aliphatic carbocycles. The van der Waals surface area contributed by atoms with E-state index in [1.54, 1.807) is 0 Å². The summed E-state index contributed by atoms with van der Waals surface area (Å²) >= 11 is 0. The number of carbonyl (C=O) groups excluding carboxylic acids is 2. The molecule has 2 N–H and O–H groups in total. The Kier molecular flexibility index (Phi) is 9.09. The lowest BCUT2D eigenvalue weighted by molar-refractivity contribution is -0.150. The Bertz CT molecular complexity index is 588. The highest BCUT2D eigenvalue weighted by molar-refractivity contribution is 5.74. The molecule has 2 saturated heterocycles. The van der Waals surface area contributed by atoms with Crippen LogP contribution in [0, 0.1) is 5.92 Å². The summed E-state index contributed by atoms with van der Waals surface area (Å²) in [7, 11) is 0. The van der Waals surface area contributed by atoms with Gasteiger partial charge in [-0.3, -0.25) is 9.69 Å². The van der Waals surface area contributed by atoms with E-state index < -0.39 is 0 Å². The van der Waals surface area contributed by atoms with Crippen LogP contribution in [-0.2, 0) is 9.53 Å².